The Hall–Kier alpha value is -0.730. The van der Waals surface area contributed by atoms with E-state index in [4.69, 9.17) is 16.3 Å². The van der Waals surface area contributed by atoms with E-state index in [0.29, 0.717) is 17.4 Å². The van der Waals surface area contributed by atoms with Gasteiger partial charge in [-0.2, -0.15) is 0 Å². The molecule has 0 aliphatic carbocycles. The van der Waals surface area contributed by atoms with Gasteiger partial charge in [0.1, 0.15) is 12.4 Å². The fraction of sp³-hybridized carbons (Fsp3) is 0.364. The van der Waals surface area contributed by atoms with Crippen molar-refractivity contribution in [2.45, 2.75) is 0 Å². The molecule has 77 valence electrons. The highest BCUT2D eigenvalue weighted by atomic mass is 35.5. The molecule has 0 bridgehead atoms. The van der Waals surface area contributed by atoms with Crippen LogP contribution in [-0.2, 0) is 0 Å². The fourth-order valence-electron chi connectivity index (χ4n) is 1.05. The molecule has 0 amide bonds. The highest BCUT2D eigenvalue weighted by Gasteiger charge is 2.04. The van der Waals surface area contributed by atoms with Crippen LogP contribution in [0.4, 0.5) is 0 Å². The second kappa shape index (κ2) is 5.23. The SMILES string of the molecule is [CH2]c1cccc(Cl)c1OCCN(C)C. The molecule has 14 heavy (non-hydrogen) atoms. The highest BCUT2D eigenvalue weighted by Crippen LogP contribution is 2.27. The maximum absolute atomic E-state index is 5.97. The average Bonchev–Trinajstić information content (AvgIpc) is 2.09. The molecule has 0 heterocycles. The summed E-state index contributed by atoms with van der Waals surface area (Å²) in [6.07, 6.45) is 0. The van der Waals surface area contributed by atoms with Crippen LogP contribution in [0.25, 0.3) is 0 Å². The summed E-state index contributed by atoms with van der Waals surface area (Å²) in [6, 6.07) is 5.56. The minimum atomic E-state index is 0.622. The molecule has 0 aromatic heterocycles. The van der Waals surface area contributed by atoms with E-state index in [0.717, 1.165) is 12.1 Å². The molecule has 0 unspecified atom stereocenters. The quantitative estimate of drug-likeness (QED) is 0.761. The molecule has 1 radical (unpaired) electrons. The summed E-state index contributed by atoms with van der Waals surface area (Å²) in [5.41, 5.74) is 0.830. The smallest absolute Gasteiger partial charge is 0.141 e. The van der Waals surface area contributed by atoms with Crippen molar-refractivity contribution >= 4 is 11.6 Å². The second-order valence-corrected chi connectivity index (χ2v) is 3.79. The zero-order valence-electron chi connectivity index (χ0n) is 8.59. The monoisotopic (exact) mass is 212 g/mol. The number of benzene rings is 1. The maximum atomic E-state index is 5.97. The topological polar surface area (TPSA) is 12.5 Å². The Labute approximate surface area is 90.4 Å². The van der Waals surface area contributed by atoms with Crippen molar-refractivity contribution in [2.75, 3.05) is 27.2 Å². The van der Waals surface area contributed by atoms with Crippen LogP contribution in [0.1, 0.15) is 5.56 Å². The number of nitrogens with zero attached hydrogens (tertiary/aromatic N) is 1. The van der Waals surface area contributed by atoms with Gasteiger partial charge in [-0.05, 0) is 32.6 Å². The van der Waals surface area contributed by atoms with E-state index in [9.17, 15) is 0 Å². The lowest BCUT2D eigenvalue weighted by atomic mass is 10.2. The summed E-state index contributed by atoms with van der Waals surface area (Å²) in [6.45, 7) is 5.35. The number of hydrogen-bond donors (Lipinski definition) is 0. The van der Waals surface area contributed by atoms with Gasteiger partial charge in [0.25, 0.3) is 0 Å². The van der Waals surface area contributed by atoms with Gasteiger partial charge in [-0.15, -0.1) is 0 Å². The average molecular weight is 213 g/mol. The predicted octanol–water partition coefficient (Wildman–Crippen LogP) is 2.46. The molecule has 0 N–H and O–H groups in total. The normalized spacial score (nSPS) is 10.6. The molecular formula is C11H15ClNO. The molecule has 1 aromatic rings. The number of hydrogen-bond acceptors (Lipinski definition) is 2. The Bertz CT molecular complexity index is 279. The van der Waals surface area contributed by atoms with E-state index in [1.54, 1.807) is 6.07 Å². The number of likely N-dealkylation sites (N-methyl/N-ethyl adjacent to an activating group) is 1. The molecule has 1 rings (SSSR count). The molecule has 0 spiro atoms. The van der Waals surface area contributed by atoms with E-state index in [1.165, 1.54) is 0 Å². The zero-order valence-corrected chi connectivity index (χ0v) is 9.34. The van der Waals surface area contributed by atoms with Crippen LogP contribution >= 0.6 is 11.6 Å². The number of rotatable bonds is 4. The van der Waals surface area contributed by atoms with E-state index in [2.05, 4.69) is 11.8 Å². The second-order valence-electron chi connectivity index (χ2n) is 3.38. The van der Waals surface area contributed by atoms with Gasteiger partial charge >= 0.3 is 0 Å². The Balaban J connectivity index is 2.58. The van der Waals surface area contributed by atoms with Crippen molar-refractivity contribution < 1.29 is 4.74 Å². The Kier molecular flexibility index (Phi) is 4.23. The minimum absolute atomic E-state index is 0.622. The molecule has 0 fully saturated rings. The Morgan fingerprint density at radius 1 is 1.43 bits per heavy atom. The molecule has 3 heteroatoms. The molecule has 1 aromatic carbocycles. The summed E-state index contributed by atoms with van der Waals surface area (Å²) in [7, 11) is 4.00. The van der Waals surface area contributed by atoms with Crippen molar-refractivity contribution in [3.05, 3.63) is 35.7 Å². The lowest BCUT2D eigenvalue weighted by Crippen LogP contribution is -2.19. The number of para-hydroxylation sites is 1. The lowest BCUT2D eigenvalue weighted by Gasteiger charge is -2.13. The standard InChI is InChI=1S/C11H15ClNO/c1-9-5-4-6-10(12)11(9)14-8-7-13(2)3/h4-6H,1,7-8H2,2-3H3. The lowest BCUT2D eigenvalue weighted by molar-refractivity contribution is 0.261. The van der Waals surface area contributed by atoms with E-state index in [1.807, 2.05) is 26.2 Å². The van der Waals surface area contributed by atoms with Crippen molar-refractivity contribution in [1.29, 1.82) is 0 Å². The summed E-state index contributed by atoms with van der Waals surface area (Å²) < 4.78 is 5.54. The predicted molar refractivity (Wildman–Crippen MR) is 60.0 cm³/mol. The molecule has 0 aliphatic heterocycles. The van der Waals surface area contributed by atoms with Crippen LogP contribution in [0.3, 0.4) is 0 Å². The van der Waals surface area contributed by atoms with Gasteiger partial charge in [0.05, 0.1) is 5.02 Å². The van der Waals surface area contributed by atoms with Gasteiger partial charge in [-0.1, -0.05) is 23.7 Å². The van der Waals surface area contributed by atoms with Crippen LogP contribution in [-0.4, -0.2) is 32.1 Å². The van der Waals surface area contributed by atoms with Gasteiger partial charge in [0, 0.05) is 6.54 Å². The van der Waals surface area contributed by atoms with Gasteiger partial charge < -0.3 is 9.64 Å². The maximum Gasteiger partial charge on any atom is 0.141 e. The van der Waals surface area contributed by atoms with Crippen molar-refractivity contribution in [3.8, 4) is 5.75 Å². The third-order valence-corrected chi connectivity index (χ3v) is 2.13. The zero-order chi connectivity index (χ0) is 10.6. The summed E-state index contributed by atoms with van der Waals surface area (Å²) in [4.78, 5) is 2.06. The van der Waals surface area contributed by atoms with Crippen LogP contribution < -0.4 is 4.74 Å². The molecule has 2 nitrogen and oxygen atoms in total. The van der Waals surface area contributed by atoms with Gasteiger partial charge in [0.15, 0.2) is 0 Å². The summed E-state index contributed by atoms with van der Waals surface area (Å²) in [5, 5.41) is 0.622. The van der Waals surface area contributed by atoms with E-state index < -0.39 is 0 Å². The van der Waals surface area contributed by atoms with Crippen LogP contribution in [0, 0.1) is 6.92 Å². The first-order valence-corrected chi connectivity index (χ1v) is 4.87. The molecule has 0 saturated heterocycles. The minimum Gasteiger partial charge on any atom is -0.490 e. The molecule has 0 atom stereocenters. The van der Waals surface area contributed by atoms with Crippen molar-refractivity contribution in [3.63, 3.8) is 0 Å². The largest absolute Gasteiger partial charge is 0.490 e. The molecule has 0 aliphatic rings. The summed E-state index contributed by atoms with van der Waals surface area (Å²) >= 11 is 5.97. The van der Waals surface area contributed by atoms with Gasteiger partial charge in [-0.25, -0.2) is 0 Å². The summed E-state index contributed by atoms with van der Waals surface area (Å²) in [5.74, 6) is 0.691. The third kappa shape index (κ3) is 3.20. The number of halogens is 1. The van der Waals surface area contributed by atoms with E-state index in [-0.39, 0.29) is 0 Å². The Morgan fingerprint density at radius 3 is 2.71 bits per heavy atom. The van der Waals surface area contributed by atoms with Crippen LogP contribution in [0.2, 0.25) is 5.02 Å². The van der Waals surface area contributed by atoms with Crippen LogP contribution in [0.5, 0.6) is 5.75 Å². The van der Waals surface area contributed by atoms with Gasteiger partial charge in [0.2, 0.25) is 0 Å². The van der Waals surface area contributed by atoms with Crippen LogP contribution in [0.15, 0.2) is 18.2 Å². The Morgan fingerprint density at radius 2 is 2.14 bits per heavy atom. The third-order valence-electron chi connectivity index (χ3n) is 1.83. The molecule has 0 saturated carbocycles. The van der Waals surface area contributed by atoms with E-state index >= 15 is 0 Å². The highest BCUT2D eigenvalue weighted by molar-refractivity contribution is 6.32. The number of ether oxygens (including phenoxy) is 1. The molecular weight excluding hydrogens is 198 g/mol. The first-order chi connectivity index (χ1) is 6.61. The van der Waals surface area contributed by atoms with Crippen molar-refractivity contribution in [1.82, 2.24) is 4.90 Å². The fourth-order valence-corrected chi connectivity index (χ4v) is 1.29. The first-order valence-electron chi connectivity index (χ1n) is 4.49. The first kappa shape index (κ1) is 11.3. The van der Waals surface area contributed by atoms with Crippen molar-refractivity contribution in [2.24, 2.45) is 0 Å². The van der Waals surface area contributed by atoms with Gasteiger partial charge in [-0.3, -0.25) is 0 Å².